The molecule has 0 heterocycles. The lowest BCUT2D eigenvalue weighted by Crippen LogP contribution is -2.69. The smallest absolute Gasteiger partial charge is 0.178 e. The van der Waals surface area contributed by atoms with Gasteiger partial charge in [0.25, 0.3) is 0 Å². The van der Waals surface area contributed by atoms with Crippen molar-refractivity contribution in [1.29, 1.82) is 5.26 Å². The molecule has 0 aromatic carbocycles. The molecule has 36 heavy (non-hydrogen) atoms. The predicted molar refractivity (Wildman–Crippen MR) is 140 cm³/mol. The van der Waals surface area contributed by atoms with Crippen LogP contribution in [-0.2, 0) is 14.4 Å². The Labute approximate surface area is 217 Å². The zero-order chi connectivity index (χ0) is 26.7. The monoisotopic (exact) mass is 491 g/mol. The molecule has 0 saturated heterocycles. The van der Waals surface area contributed by atoms with Crippen LogP contribution in [0.4, 0.5) is 0 Å². The van der Waals surface area contributed by atoms with E-state index in [1.165, 1.54) is 0 Å². The van der Waals surface area contributed by atoms with Crippen molar-refractivity contribution in [2.45, 2.75) is 107 Å². The summed E-state index contributed by atoms with van der Waals surface area (Å²) in [6, 6.07) is 2.21. The van der Waals surface area contributed by atoms with E-state index in [2.05, 4.69) is 40.7 Å². The van der Waals surface area contributed by atoms with Gasteiger partial charge >= 0.3 is 0 Å². The average molecular weight is 492 g/mol. The van der Waals surface area contributed by atoms with Crippen LogP contribution in [0.5, 0.6) is 0 Å². The van der Waals surface area contributed by atoms with Gasteiger partial charge in [-0.05, 0) is 91.3 Å². The molecule has 5 aliphatic carbocycles. The Hall–Kier alpha value is -1.76. The number of nitriles is 1. The maximum Gasteiger partial charge on any atom is 0.178 e. The zero-order valence-electron chi connectivity index (χ0n) is 23.7. The highest BCUT2D eigenvalue weighted by molar-refractivity contribution is 6.04. The normalized spacial score (nSPS) is 48.9. The number of allylic oxidation sites excluding steroid dienone is 2. The first-order chi connectivity index (χ1) is 16.5. The Balaban J connectivity index is 1.65. The molecule has 4 fully saturated rings. The van der Waals surface area contributed by atoms with Gasteiger partial charge in [-0.2, -0.15) is 5.26 Å². The Morgan fingerprint density at radius 2 is 1.56 bits per heavy atom. The van der Waals surface area contributed by atoms with Crippen LogP contribution in [0.2, 0.25) is 0 Å². The molecule has 5 rings (SSSR count). The molecule has 0 N–H and O–H groups in total. The molecular formula is C32H45NO3. The van der Waals surface area contributed by atoms with Gasteiger partial charge in [0.2, 0.25) is 0 Å². The highest BCUT2D eigenvalue weighted by Gasteiger charge is 2.72. The number of Topliss-reactive ketones (excluding diaryl/α,β-unsaturated/α-hetero) is 3. The van der Waals surface area contributed by atoms with Gasteiger partial charge in [0.05, 0.1) is 5.57 Å². The van der Waals surface area contributed by atoms with Gasteiger partial charge in [-0.3, -0.25) is 14.4 Å². The molecule has 196 valence electrons. The summed E-state index contributed by atoms with van der Waals surface area (Å²) in [6.07, 6.45) is 9.08. The molecule has 4 heteroatoms. The number of carbonyl (C=O) groups is 3. The van der Waals surface area contributed by atoms with E-state index < -0.39 is 5.41 Å². The summed E-state index contributed by atoms with van der Waals surface area (Å²) >= 11 is 0. The maximum absolute atomic E-state index is 14.4. The summed E-state index contributed by atoms with van der Waals surface area (Å²) < 4.78 is 0. The van der Waals surface area contributed by atoms with Crippen LogP contribution in [0, 0.1) is 67.5 Å². The van der Waals surface area contributed by atoms with Crippen molar-refractivity contribution in [3.8, 4) is 6.07 Å². The van der Waals surface area contributed by atoms with E-state index >= 15 is 0 Å². The summed E-state index contributed by atoms with van der Waals surface area (Å²) in [7, 11) is 0. The van der Waals surface area contributed by atoms with Crippen molar-refractivity contribution in [3.63, 3.8) is 0 Å². The standard InChI is InChI=1S/C32H45NO3/c1-19(34)32-13-11-27(2,3)17-21(32)25-22(35)15-24-29(6)16-20(18-33)26(36)28(4,5)23(29)9-10-30(24,7)31(25,8)12-14-32/h16,21,23-25H,9-15,17H2,1-8H3/t21?,23-,24+,25-,29-,30+,31+,32?/m0/s1. The minimum Gasteiger partial charge on any atom is -0.299 e. The van der Waals surface area contributed by atoms with Crippen molar-refractivity contribution in [2.75, 3.05) is 0 Å². The number of carbonyl (C=O) groups excluding carboxylic acids is 3. The van der Waals surface area contributed by atoms with Gasteiger partial charge in [0.15, 0.2) is 5.78 Å². The van der Waals surface area contributed by atoms with E-state index in [1.807, 2.05) is 19.9 Å². The molecule has 0 radical (unpaired) electrons. The number of fused-ring (bicyclic) bond motifs is 7. The first kappa shape index (κ1) is 25.9. The lowest BCUT2D eigenvalue weighted by atomic mass is 9.31. The summed E-state index contributed by atoms with van der Waals surface area (Å²) in [5.74, 6) is 0.808. The second-order valence-corrected chi connectivity index (χ2v) is 15.4. The molecule has 2 unspecified atom stereocenters. The van der Waals surface area contributed by atoms with Crippen LogP contribution < -0.4 is 0 Å². The topological polar surface area (TPSA) is 75.0 Å². The molecular weight excluding hydrogens is 446 g/mol. The molecule has 0 amide bonds. The second kappa shape index (κ2) is 7.42. The molecule has 0 spiro atoms. The minimum absolute atomic E-state index is 0.0457. The van der Waals surface area contributed by atoms with Gasteiger partial charge in [-0.15, -0.1) is 0 Å². The number of ketones is 3. The van der Waals surface area contributed by atoms with E-state index in [9.17, 15) is 19.6 Å². The van der Waals surface area contributed by atoms with Gasteiger partial charge in [-0.25, -0.2) is 0 Å². The Kier molecular flexibility index (Phi) is 5.33. The van der Waals surface area contributed by atoms with Gasteiger partial charge in [0, 0.05) is 23.2 Å². The third-order valence-electron chi connectivity index (χ3n) is 13.2. The van der Waals surface area contributed by atoms with E-state index in [-0.39, 0.29) is 67.9 Å². The molecule has 4 nitrogen and oxygen atoms in total. The Morgan fingerprint density at radius 3 is 2.17 bits per heavy atom. The molecule has 5 aliphatic rings. The fraction of sp³-hybridized carbons (Fsp3) is 0.812. The maximum atomic E-state index is 14.4. The largest absolute Gasteiger partial charge is 0.299 e. The quantitative estimate of drug-likeness (QED) is 0.401. The number of rotatable bonds is 1. The number of hydrogen-bond acceptors (Lipinski definition) is 4. The SMILES string of the molecule is CC(=O)C12CCC(C)(C)CC1[C@H]1C(=O)C[C@@H]3[C@@]4(C)C=C(C#N)C(=O)C(C)(C)[C@@H]4CC[C@@]3(C)[C@]1(C)CC2. The average Bonchev–Trinajstić information content (AvgIpc) is 2.77. The van der Waals surface area contributed by atoms with Crippen LogP contribution in [0.15, 0.2) is 11.6 Å². The van der Waals surface area contributed by atoms with Crippen LogP contribution in [0.1, 0.15) is 107 Å². The Bertz CT molecular complexity index is 1120. The van der Waals surface area contributed by atoms with Crippen molar-refractivity contribution >= 4 is 17.3 Å². The highest BCUT2D eigenvalue weighted by atomic mass is 16.1. The van der Waals surface area contributed by atoms with Crippen molar-refractivity contribution < 1.29 is 14.4 Å². The number of hydrogen-bond donors (Lipinski definition) is 0. The second-order valence-electron chi connectivity index (χ2n) is 15.4. The zero-order valence-corrected chi connectivity index (χ0v) is 23.7. The highest BCUT2D eigenvalue weighted by Crippen LogP contribution is 2.75. The third kappa shape index (κ3) is 2.95. The van der Waals surface area contributed by atoms with Crippen molar-refractivity contribution in [2.24, 2.45) is 56.2 Å². The first-order valence-corrected chi connectivity index (χ1v) is 14.2. The molecule has 0 aliphatic heterocycles. The third-order valence-corrected chi connectivity index (χ3v) is 13.2. The first-order valence-electron chi connectivity index (χ1n) is 14.2. The van der Waals surface area contributed by atoms with Gasteiger partial charge < -0.3 is 0 Å². The molecule has 8 atom stereocenters. The van der Waals surface area contributed by atoms with Crippen molar-refractivity contribution in [3.05, 3.63) is 11.6 Å². The van der Waals surface area contributed by atoms with E-state index in [1.54, 1.807) is 6.92 Å². The summed E-state index contributed by atoms with van der Waals surface area (Å²) in [6.45, 7) is 17.4. The fourth-order valence-corrected chi connectivity index (χ4v) is 10.9. The van der Waals surface area contributed by atoms with E-state index in [0.717, 1.165) is 44.9 Å². The lowest BCUT2D eigenvalue weighted by molar-refractivity contribution is -0.221. The van der Waals surface area contributed by atoms with E-state index in [4.69, 9.17) is 0 Å². The van der Waals surface area contributed by atoms with Gasteiger partial charge in [-0.1, -0.05) is 54.5 Å². The summed E-state index contributed by atoms with van der Waals surface area (Å²) in [4.78, 5) is 40.8. The van der Waals surface area contributed by atoms with Gasteiger partial charge in [0.1, 0.15) is 17.6 Å². The lowest BCUT2D eigenvalue weighted by Gasteiger charge is -2.71. The summed E-state index contributed by atoms with van der Waals surface area (Å²) in [5.41, 5.74) is -1.20. The summed E-state index contributed by atoms with van der Waals surface area (Å²) in [5, 5.41) is 9.87. The fourth-order valence-electron chi connectivity index (χ4n) is 10.9. The molecule has 4 saturated carbocycles. The van der Waals surface area contributed by atoms with Crippen LogP contribution in [0.25, 0.3) is 0 Å². The van der Waals surface area contributed by atoms with E-state index in [0.29, 0.717) is 12.2 Å². The number of nitrogens with zero attached hydrogens (tertiary/aromatic N) is 1. The Morgan fingerprint density at radius 1 is 0.917 bits per heavy atom. The molecule has 0 aromatic rings. The predicted octanol–water partition coefficient (Wildman–Crippen LogP) is 6.87. The van der Waals surface area contributed by atoms with Crippen LogP contribution in [0.3, 0.4) is 0 Å². The van der Waals surface area contributed by atoms with Crippen LogP contribution >= 0.6 is 0 Å². The minimum atomic E-state index is -0.611. The molecule has 0 bridgehead atoms. The molecule has 0 aromatic heterocycles. The van der Waals surface area contributed by atoms with Crippen LogP contribution in [-0.4, -0.2) is 17.3 Å². The van der Waals surface area contributed by atoms with Crippen molar-refractivity contribution in [1.82, 2.24) is 0 Å².